The second-order valence-corrected chi connectivity index (χ2v) is 5.54. The summed E-state index contributed by atoms with van der Waals surface area (Å²) in [5.74, 6) is -2.73. The van der Waals surface area contributed by atoms with E-state index in [0.29, 0.717) is 17.2 Å². The Kier molecular flexibility index (Phi) is 5.19. The van der Waals surface area contributed by atoms with Gasteiger partial charge in [0.05, 0.1) is 23.4 Å². The highest BCUT2D eigenvalue weighted by molar-refractivity contribution is 6.31. The molecule has 0 saturated heterocycles. The monoisotopic (exact) mass is 353 g/mol. The quantitative estimate of drug-likeness (QED) is 0.659. The van der Waals surface area contributed by atoms with Crippen LogP contribution in [0, 0.1) is 18.6 Å². The first-order chi connectivity index (χ1) is 11.2. The number of nitrogens with one attached hydrogen (secondary N) is 1. The number of hydrogen-bond donors (Lipinski definition) is 1. The second kappa shape index (κ2) is 6.97. The molecule has 4 nitrogen and oxygen atoms in total. The molecule has 0 atom stereocenters. The minimum absolute atomic E-state index is 0.0573. The molecule has 0 aromatic heterocycles. The van der Waals surface area contributed by atoms with Gasteiger partial charge in [-0.1, -0.05) is 11.6 Å². The number of esters is 1. The van der Waals surface area contributed by atoms with Gasteiger partial charge in [0.15, 0.2) is 0 Å². The number of benzene rings is 2. The predicted octanol–water partition coefficient (Wildman–Crippen LogP) is 4.34. The molecule has 126 valence electrons. The Hall–Kier alpha value is -2.47. The van der Waals surface area contributed by atoms with Crippen molar-refractivity contribution >= 4 is 29.2 Å². The molecule has 2 aromatic rings. The lowest BCUT2D eigenvalue weighted by molar-refractivity contribution is -0.114. The lowest BCUT2D eigenvalue weighted by Gasteiger charge is -2.15. The molecule has 0 aliphatic rings. The summed E-state index contributed by atoms with van der Waals surface area (Å²) in [7, 11) is 1.21. The maximum Gasteiger partial charge on any atom is 0.339 e. The van der Waals surface area contributed by atoms with Crippen LogP contribution in [-0.2, 0) is 9.53 Å². The molecule has 7 heteroatoms. The average Bonchev–Trinajstić information content (AvgIpc) is 2.51. The van der Waals surface area contributed by atoms with Gasteiger partial charge in [-0.3, -0.25) is 4.79 Å². The fourth-order valence-corrected chi connectivity index (χ4v) is 2.46. The molecule has 1 N–H and O–H groups in total. The highest BCUT2D eigenvalue weighted by Crippen LogP contribution is 2.34. The van der Waals surface area contributed by atoms with Gasteiger partial charge in [0.2, 0.25) is 5.91 Å². The molecule has 0 aliphatic heterocycles. The molecule has 2 aromatic carbocycles. The molecule has 0 radical (unpaired) electrons. The van der Waals surface area contributed by atoms with Crippen LogP contribution in [0.25, 0.3) is 11.1 Å². The molecular weight excluding hydrogens is 340 g/mol. The van der Waals surface area contributed by atoms with Gasteiger partial charge < -0.3 is 10.1 Å². The smallest absolute Gasteiger partial charge is 0.339 e. The van der Waals surface area contributed by atoms with Gasteiger partial charge >= 0.3 is 5.97 Å². The molecule has 0 saturated carbocycles. The Balaban J connectivity index is 2.70. The fraction of sp³-hybridized carbons (Fsp3) is 0.176. The Morgan fingerprint density at radius 2 is 1.75 bits per heavy atom. The zero-order valence-electron chi connectivity index (χ0n) is 13.2. The number of halogens is 3. The summed E-state index contributed by atoms with van der Waals surface area (Å²) in [6.07, 6.45) is 0. The van der Waals surface area contributed by atoms with Gasteiger partial charge in [-0.15, -0.1) is 0 Å². The maximum absolute atomic E-state index is 14.1. The Bertz CT molecular complexity index is 837. The van der Waals surface area contributed by atoms with E-state index in [1.54, 1.807) is 6.92 Å². The number of ether oxygens (including phenoxy) is 1. The number of carbonyl (C=O) groups is 2. The van der Waals surface area contributed by atoms with Crippen molar-refractivity contribution in [2.45, 2.75) is 13.8 Å². The van der Waals surface area contributed by atoms with Gasteiger partial charge in [0.1, 0.15) is 11.6 Å². The van der Waals surface area contributed by atoms with E-state index in [1.165, 1.54) is 26.2 Å². The van der Waals surface area contributed by atoms with Crippen LogP contribution in [-0.4, -0.2) is 19.0 Å². The Morgan fingerprint density at radius 1 is 1.08 bits per heavy atom. The molecule has 1 amide bonds. The lowest BCUT2D eigenvalue weighted by atomic mass is 9.96. The number of carbonyl (C=O) groups excluding carboxylic acids is 2. The van der Waals surface area contributed by atoms with E-state index >= 15 is 0 Å². The third-order valence-electron chi connectivity index (χ3n) is 3.38. The highest BCUT2D eigenvalue weighted by atomic mass is 35.5. The largest absolute Gasteiger partial charge is 0.465 e. The second-order valence-electron chi connectivity index (χ2n) is 5.13. The molecule has 0 heterocycles. The Morgan fingerprint density at radius 3 is 2.33 bits per heavy atom. The first-order valence-electron chi connectivity index (χ1n) is 6.90. The van der Waals surface area contributed by atoms with Crippen molar-refractivity contribution in [1.29, 1.82) is 0 Å². The molecule has 2 rings (SSSR count). The highest BCUT2D eigenvalue weighted by Gasteiger charge is 2.19. The van der Waals surface area contributed by atoms with E-state index in [-0.39, 0.29) is 21.8 Å². The van der Waals surface area contributed by atoms with Crippen molar-refractivity contribution in [3.8, 4) is 11.1 Å². The maximum atomic E-state index is 14.1. The van der Waals surface area contributed by atoms with Crippen LogP contribution in [0.3, 0.4) is 0 Å². The molecule has 0 fully saturated rings. The summed E-state index contributed by atoms with van der Waals surface area (Å²) in [6, 6.07) is 4.73. The summed E-state index contributed by atoms with van der Waals surface area (Å²) >= 11 is 5.73. The summed E-state index contributed by atoms with van der Waals surface area (Å²) in [5, 5.41) is 2.27. The Labute approximate surface area is 142 Å². The lowest BCUT2D eigenvalue weighted by Crippen LogP contribution is -2.12. The van der Waals surface area contributed by atoms with E-state index < -0.39 is 23.5 Å². The van der Waals surface area contributed by atoms with Crippen LogP contribution in [0.1, 0.15) is 22.8 Å². The normalized spacial score (nSPS) is 10.4. The molecule has 0 spiro atoms. The number of aryl methyl sites for hydroxylation is 1. The van der Waals surface area contributed by atoms with Crippen LogP contribution in [0.5, 0.6) is 0 Å². The van der Waals surface area contributed by atoms with Gasteiger partial charge in [-0.2, -0.15) is 0 Å². The van der Waals surface area contributed by atoms with Crippen LogP contribution >= 0.6 is 11.6 Å². The van der Waals surface area contributed by atoms with E-state index in [1.807, 2.05) is 0 Å². The summed E-state index contributed by atoms with van der Waals surface area (Å²) in [6.45, 7) is 2.92. The predicted molar refractivity (Wildman–Crippen MR) is 87.2 cm³/mol. The zero-order chi connectivity index (χ0) is 18.0. The number of hydrogen-bond acceptors (Lipinski definition) is 3. The minimum Gasteiger partial charge on any atom is -0.465 e. The molecule has 0 unspecified atom stereocenters. The van der Waals surface area contributed by atoms with E-state index in [0.717, 1.165) is 6.07 Å². The number of anilines is 1. The summed E-state index contributed by atoms with van der Waals surface area (Å²) in [4.78, 5) is 23.2. The molecule has 0 bridgehead atoms. The van der Waals surface area contributed by atoms with Crippen LogP contribution in [0.2, 0.25) is 5.02 Å². The topological polar surface area (TPSA) is 55.4 Å². The third kappa shape index (κ3) is 3.54. The first kappa shape index (κ1) is 17.9. The van der Waals surface area contributed by atoms with Gasteiger partial charge in [0, 0.05) is 18.6 Å². The van der Waals surface area contributed by atoms with E-state index in [9.17, 15) is 18.4 Å². The van der Waals surface area contributed by atoms with Crippen molar-refractivity contribution in [2.24, 2.45) is 0 Å². The van der Waals surface area contributed by atoms with Gasteiger partial charge in [-0.25, -0.2) is 13.6 Å². The fourth-order valence-electron chi connectivity index (χ4n) is 2.30. The van der Waals surface area contributed by atoms with E-state index in [2.05, 4.69) is 10.1 Å². The van der Waals surface area contributed by atoms with Crippen molar-refractivity contribution in [3.05, 3.63) is 52.0 Å². The number of amides is 1. The zero-order valence-corrected chi connectivity index (χ0v) is 13.9. The minimum atomic E-state index is -0.871. The van der Waals surface area contributed by atoms with Crippen LogP contribution in [0.4, 0.5) is 14.5 Å². The van der Waals surface area contributed by atoms with Crippen molar-refractivity contribution < 1.29 is 23.1 Å². The molecular formula is C17H14ClF2NO3. The van der Waals surface area contributed by atoms with Crippen molar-refractivity contribution in [2.75, 3.05) is 12.4 Å². The molecule has 24 heavy (non-hydrogen) atoms. The van der Waals surface area contributed by atoms with E-state index in [4.69, 9.17) is 11.6 Å². The molecule has 0 aliphatic carbocycles. The number of rotatable bonds is 3. The van der Waals surface area contributed by atoms with Crippen LogP contribution < -0.4 is 5.32 Å². The standard InChI is InChI=1S/C17H14ClF2NO3/c1-8-4-12(17(23)24-3)16(21-9(2)22)6-10(8)11-5-13(18)15(20)7-14(11)19/h4-7H,1-3H3,(H,21,22). The van der Waals surface area contributed by atoms with Crippen molar-refractivity contribution in [1.82, 2.24) is 0 Å². The van der Waals surface area contributed by atoms with Gasteiger partial charge in [-0.05, 0) is 36.2 Å². The average molecular weight is 354 g/mol. The number of methoxy groups -OCH3 is 1. The third-order valence-corrected chi connectivity index (χ3v) is 3.67. The summed E-state index contributed by atoms with van der Waals surface area (Å²) in [5.41, 5.74) is 1.25. The summed E-state index contributed by atoms with van der Waals surface area (Å²) < 4.78 is 32.2. The van der Waals surface area contributed by atoms with Gasteiger partial charge in [0.25, 0.3) is 0 Å². The van der Waals surface area contributed by atoms with Crippen molar-refractivity contribution in [3.63, 3.8) is 0 Å². The first-order valence-corrected chi connectivity index (χ1v) is 7.27. The SMILES string of the molecule is COC(=O)c1cc(C)c(-c2cc(Cl)c(F)cc2F)cc1NC(C)=O. The van der Waals surface area contributed by atoms with Crippen LogP contribution in [0.15, 0.2) is 24.3 Å².